The number of para-hydroxylation sites is 1. The molecule has 0 N–H and O–H groups in total. The molecule has 0 saturated heterocycles. The summed E-state index contributed by atoms with van der Waals surface area (Å²) in [5, 5.41) is 0.943. The summed E-state index contributed by atoms with van der Waals surface area (Å²) >= 11 is 1.49. The highest BCUT2D eigenvalue weighted by molar-refractivity contribution is 7.17. The number of benzene rings is 1. The molecule has 0 spiro atoms. The second-order valence-electron chi connectivity index (χ2n) is 4.31. The molecule has 1 aromatic heterocycles. The Morgan fingerprint density at radius 2 is 2.28 bits per heavy atom. The van der Waals surface area contributed by atoms with Crippen molar-refractivity contribution in [2.75, 3.05) is 11.4 Å². The van der Waals surface area contributed by atoms with Gasteiger partial charge in [0.1, 0.15) is 0 Å². The van der Waals surface area contributed by atoms with Gasteiger partial charge in [-0.15, -0.1) is 0 Å². The minimum Gasteiger partial charge on any atom is -0.317 e. The molecule has 92 valence electrons. The average molecular weight is 258 g/mol. The number of carbonyl (C=O) groups is 1. The van der Waals surface area contributed by atoms with Crippen LogP contribution in [0, 0.1) is 0 Å². The Kier molecular flexibility index (Phi) is 2.88. The fourth-order valence-corrected chi connectivity index (χ4v) is 3.36. The fourth-order valence-electron chi connectivity index (χ4n) is 2.35. The first-order chi connectivity index (χ1) is 8.83. The summed E-state index contributed by atoms with van der Waals surface area (Å²) in [6.45, 7) is 2.98. The number of fused-ring (bicyclic) bond motifs is 1. The number of aldehydes is 1. The van der Waals surface area contributed by atoms with E-state index in [1.54, 1.807) is 0 Å². The Labute approximate surface area is 110 Å². The third-order valence-electron chi connectivity index (χ3n) is 3.28. The number of carbonyl (C=O) groups excluding carboxylic acids is 1. The van der Waals surface area contributed by atoms with Gasteiger partial charge in [-0.25, -0.2) is 4.98 Å². The standard InChI is InChI=1S/C14H14N2OS/c1-2-11-13(9-17)18-14(15-11)16-8-7-10-5-3-4-6-12(10)16/h3-6,9H,2,7-8H2,1H3. The number of hydrogen-bond donors (Lipinski definition) is 0. The summed E-state index contributed by atoms with van der Waals surface area (Å²) in [5.74, 6) is 0. The summed E-state index contributed by atoms with van der Waals surface area (Å²) in [6.07, 6.45) is 2.77. The molecular weight excluding hydrogens is 244 g/mol. The number of aryl methyl sites for hydroxylation is 1. The third-order valence-corrected chi connectivity index (χ3v) is 4.32. The van der Waals surface area contributed by atoms with Gasteiger partial charge in [0.05, 0.1) is 10.6 Å². The Bertz CT molecular complexity index is 591. The van der Waals surface area contributed by atoms with Crippen LogP contribution in [0.25, 0.3) is 0 Å². The van der Waals surface area contributed by atoms with Crippen molar-refractivity contribution in [1.29, 1.82) is 0 Å². The number of thiazole rings is 1. The lowest BCUT2D eigenvalue weighted by molar-refractivity contribution is 0.112. The van der Waals surface area contributed by atoms with Crippen LogP contribution in [0.5, 0.6) is 0 Å². The Hall–Kier alpha value is -1.68. The zero-order chi connectivity index (χ0) is 12.5. The van der Waals surface area contributed by atoms with E-state index in [9.17, 15) is 4.79 Å². The molecule has 1 aliphatic heterocycles. The van der Waals surface area contributed by atoms with Crippen molar-refractivity contribution in [2.45, 2.75) is 19.8 Å². The third kappa shape index (κ3) is 1.73. The summed E-state index contributed by atoms with van der Waals surface area (Å²) in [5.41, 5.74) is 3.50. The summed E-state index contributed by atoms with van der Waals surface area (Å²) < 4.78 is 0. The maximum atomic E-state index is 11.0. The summed E-state index contributed by atoms with van der Waals surface area (Å²) in [7, 11) is 0. The number of hydrogen-bond acceptors (Lipinski definition) is 4. The molecule has 4 heteroatoms. The molecule has 0 atom stereocenters. The van der Waals surface area contributed by atoms with Gasteiger partial charge in [-0.1, -0.05) is 36.5 Å². The van der Waals surface area contributed by atoms with Crippen molar-refractivity contribution in [1.82, 2.24) is 4.98 Å². The molecular formula is C14H14N2OS. The van der Waals surface area contributed by atoms with Gasteiger partial charge >= 0.3 is 0 Å². The minimum absolute atomic E-state index is 0.761. The van der Waals surface area contributed by atoms with E-state index in [-0.39, 0.29) is 0 Å². The van der Waals surface area contributed by atoms with Crippen molar-refractivity contribution in [3.05, 3.63) is 40.4 Å². The normalized spacial score (nSPS) is 13.7. The first-order valence-electron chi connectivity index (χ1n) is 6.13. The fraction of sp³-hybridized carbons (Fsp3) is 0.286. The maximum Gasteiger partial charge on any atom is 0.190 e. The summed E-state index contributed by atoms with van der Waals surface area (Å²) in [6, 6.07) is 8.39. The van der Waals surface area contributed by atoms with Crippen LogP contribution in [-0.4, -0.2) is 17.8 Å². The van der Waals surface area contributed by atoms with Crippen molar-refractivity contribution in [3.8, 4) is 0 Å². The smallest absolute Gasteiger partial charge is 0.190 e. The quantitative estimate of drug-likeness (QED) is 0.793. The second-order valence-corrected chi connectivity index (χ2v) is 5.32. The Balaban J connectivity index is 2.02. The maximum absolute atomic E-state index is 11.0. The minimum atomic E-state index is 0.761. The first kappa shape index (κ1) is 11.4. The van der Waals surface area contributed by atoms with Crippen LogP contribution in [0.4, 0.5) is 10.8 Å². The van der Waals surface area contributed by atoms with E-state index in [0.717, 1.165) is 41.4 Å². The molecule has 0 radical (unpaired) electrons. The lowest BCUT2D eigenvalue weighted by atomic mass is 10.2. The molecule has 0 unspecified atom stereocenters. The van der Waals surface area contributed by atoms with E-state index in [4.69, 9.17) is 0 Å². The van der Waals surface area contributed by atoms with Gasteiger partial charge in [0.25, 0.3) is 0 Å². The van der Waals surface area contributed by atoms with Crippen molar-refractivity contribution >= 4 is 28.4 Å². The number of anilines is 2. The van der Waals surface area contributed by atoms with Crippen LogP contribution in [0.15, 0.2) is 24.3 Å². The number of nitrogens with zero attached hydrogens (tertiary/aromatic N) is 2. The van der Waals surface area contributed by atoms with Crippen molar-refractivity contribution in [3.63, 3.8) is 0 Å². The molecule has 3 nitrogen and oxygen atoms in total. The molecule has 2 heterocycles. The highest BCUT2D eigenvalue weighted by Gasteiger charge is 2.23. The Morgan fingerprint density at radius 1 is 1.44 bits per heavy atom. The van der Waals surface area contributed by atoms with Crippen LogP contribution in [0.3, 0.4) is 0 Å². The second kappa shape index (κ2) is 4.53. The lowest BCUT2D eigenvalue weighted by Crippen LogP contribution is -2.12. The van der Waals surface area contributed by atoms with Crippen LogP contribution in [-0.2, 0) is 12.8 Å². The molecule has 0 fully saturated rings. The molecule has 1 aromatic carbocycles. The monoisotopic (exact) mass is 258 g/mol. The molecule has 0 amide bonds. The molecule has 18 heavy (non-hydrogen) atoms. The molecule has 1 aliphatic rings. The van der Waals surface area contributed by atoms with Crippen LogP contribution in [0.1, 0.15) is 27.9 Å². The van der Waals surface area contributed by atoms with Gasteiger partial charge in [-0.05, 0) is 24.5 Å². The predicted octanol–water partition coefficient (Wildman–Crippen LogP) is 3.21. The van der Waals surface area contributed by atoms with Gasteiger partial charge in [-0.2, -0.15) is 0 Å². The van der Waals surface area contributed by atoms with Crippen LogP contribution in [0.2, 0.25) is 0 Å². The Morgan fingerprint density at radius 3 is 3.00 bits per heavy atom. The van der Waals surface area contributed by atoms with Crippen LogP contribution < -0.4 is 4.90 Å². The molecule has 2 aromatic rings. The number of rotatable bonds is 3. The predicted molar refractivity (Wildman–Crippen MR) is 74.0 cm³/mol. The molecule has 3 rings (SSSR count). The van der Waals surface area contributed by atoms with E-state index in [2.05, 4.69) is 28.1 Å². The van der Waals surface area contributed by atoms with Crippen molar-refractivity contribution < 1.29 is 4.79 Å². The zero-order valence-corrected chi connectivity index (χ0v) is 11.0. The zero-order valence-electron chi connectivity index (χ0n) is 10.2. The highest BCUT2D eigenvalue weighted by atomic mass is 32.1. The van der Waals surface area contributed by atoms with Crippen LogP contribution >= 0.6 is 11.3 Å². The van der Waals surface area contributed by atoms with Gasteiger partial charge in [-0.3, -0.25) is 4.79 Å². The number of aromatic nitrogens is 1. The SMILES string of the molecule is CCc1nc(N2CCc3ccccc32)sc1C=O. The molecule has 0 bridgehead atoms. The highest BCUT2D eigenvalue weighted by Crippen LogP contribution is 2.37. The first-order valence-corrected chi connectivity index (χ1v) is 6.95. The van der Waals surface area contributed by atoms with Gasteiger partial charge in [0.15, 0.2) is 11.4 Å². The van der Waals surface area contributed by atoms with E-state index in [0.29, 0.717) is 0 Å². The summed E-state index contributed by atoms with van der Waals surface area (Å²) in [4.78, 5) is 18.6. The topological polar surface area (TPSA) is 33.2 Å². The van der Waals surface area contributed by atoms with Gasteiger partial charge in [0, 0.05) is 12.2 Å². The van der Waals surface area contributed by atoms with E-state index in [1.807, 2.05) is 13.0 Å². The van der Waals surface area contributed by atoms with Crippen molar-refractivity contribution in [2.24, 2.45) is 0 Å². The molecule has 0 saturated carbocycles. The van der Waals surface area contributed by atoms with Gasteiger partial charge in [0.2, 0.25) is 0 Å². The van der Waals surface area contributed by atoms with E-state index in [1.165, 1.54) is 22.6 Å². The van der Waals surface area contributed by atoms with E-state index >= 15 is 0 Å². The van der Waals surface area contributed by atoms with E-state index < -0.39 is 0 Å². The lowest BCUT2D eigenvalue weighted by Gasteiger charge is -2.15. The van der Waals surface area contributed by atoms with Gasteiger partial charge < -0.3 is 4.90 Å². The molecule has 0 aliphatic carbocycles. The average Bonchev–Trinajstić information content (AvgIpc) is 3.01. The largest absolute Gasteiger partial charge is 0.317 e.